The number of aryl methyl sites for hydroxylation is 1. The van der Waals surface area contributed by atoms with Crippen LogP contribution in [0.3, 0.4) is 0 Å². The van der Waals surface area contributed by atoms with E-state index in [1.54, 1.807) is 0 Å². The topological polar surface area (TPSA) is 54.0 Å². The molecule has 1 unspecified atom stereocenters. The number of halogens is 4. The van der Waals surface area contributed by atoms with Crippen LogP contribution in [0.2, 0.25) is 0 Å². The number of carbonyl (C=O) groups is 1. The lowest BCUT2D eigenvalue weighted by atomic mass is 10.2. The monoisotopic (exact) mass is 347 g/mol. The minimum absolute atomic E-state index is 0. The van der Waals surface area contributed by atoms with Crippen LogP contribution in [-0.4, -0.2) is 29.4 Å². The third-order valence-corrected chi connectivity index (χ3v) is 3.81. The van der Waals surface area contributed by atoms with Gasteiger partial charge < -0.3 is 5.32 Å². The third-order valence-electron chi connectivity index (χ3n) is 2.77. The summed E-state index contributed by atoms with van der Waals surface area (Å²) in [6.07, 6.45) is 0.422. The van der Waals surface area contributed by atoms with Gasteiger partial charge in [0.1, 0.15) is 0 Å². The fourth-order valence-electron chi connectivity index (χ4n) is 1.79. The van der Waals surface area contributed by atoms with Gasteiger partial charge in [-0.25, -0.2) is 13.8 Å². The molecule has 0 bridgehead atoms. The first-order valence-electron chi connectivity index (χ1n) is 5.82. The summed E-state index contributed by atoms with van der Waals surface area (Å²) in [6, 6.07) is -0.802. The minimum atomic E-state index is -2.78. The van der Waals surface area contributed by atoms with Gasteiger partial charge in [-0.1, -0.05) is 6.92 Å². The van der Waals surface area contributed by atoms with E-state index in [4.69, 9.17) is 0 Å². The van der Waals surface area contributed by atoms with Crippen molar-refractivity contribution in [2.24, 2.45) is 0 Å². The molecule has 20 heavy (non-hydrogen) atoms. The Labute approximate surface area is 132 Å². The van der Waals surface area contributed by atoms with Crippen molar-refractivity contribution in [2.45, 2.75) is 38.3 Å². The Bertz CT molecular complexity index is 445. The van der Waals surface area contributed by atoms with E-state index in [-0.39, 0.29) is 24.8 Å². The molecule has 1 aromatic heterocycles. The number of hydrogen-bond donors (Lipinski definition) is 2. The molecular weight excluding hydrogens is 331 g/mol. The highest BCUT2D eigenvalue weighted by Gasteiger charge is 2.42. The van der Waals surface area contributed by atoms with Gasteiger partial charge in [-0.3, -0.25) is 10.1 Å². The van der Waals surface area contributed by atoms with Gasteiger partial charge in [-0.15, -0.1) is 36.2 Å². The van der Waals surface area contributed by atoms with Gasteiger partial charge in [0, 0.05) is 11.8 Å². The number of aromatic nitrogens is 1. The zero-order chi connectivity index (χ0) is 13.2. The number of thiazole rings is 1. The molecule has 2 heterocycles. The Morgan fingerprint density at radius 1 is 1.60 bits per heavy atom. The first kappa shape index (κ1) is 19.5. The fourth-order valence-corrected chi connectivity index (χ4v) is 2.54. The van der Waals surface area contributed by atoms with Crippen LogP contribution >= 0.6 is 36.2 Å². The molecule has 0 spiro atoms. The molecule has 2 rings (SSSR count). The summed E-state index contributed by atoms with van der Waals surface area (Å²) in [4.78, 5) is 15.9. The van der Waals surface area contributed by atoms with Crippen molar-refractivity contribution in [3.63, 3.8) is 0 Å². The Morgan fingerprint density at radius 3 is 2.80 bits per heavy atom. The Hall–Kier alpha value is -0.500. The van der Waals surface area contributed by atoms with Gasteiger partial charge in [0.15, 0.2) is 0 Å². The molecule has 1 aliphatic heterocycles. The number of alkyl halides is 2. The number of hydrogen-bond acceptors (Lipinski definition) is 4. The molecule has 1 aliphatic rings. The standard InChI is InChI=1S/C11H15F2N3OS.2ClH/c1-2-9-16-7(5-18-9)4-14-10(17)8-3-11(12,13)6-15-8;;/h5,8,15H,2-4,6H2,1H3,(H,14,17);2*1H. The van der Waals surface area contributed by atoms with Crippen molar-refractivity contribution in [2.75, 3.05) is 6.54 Å². The Morgan fingerprint density at radius 2 is 2.30 bits per heavy atom. The predicted molar refractivity (Wildman–Crippen MR) is 79.2 cm³/mol. The lowest BCUT2D eigenvalue weighted by Gasteiger charge is -2.10. The molecule has 1 atom stereocenters. The van der Waals surface area contributed by atoms with Gasteiger partial charge >= 0.3 is 0 Å². The Kier molecular flexibility index (Phi) is 7.87. The van der Waals surface area contributed by atoms with Gasteiger partial charge in [-0.2, -0.15) is 0 Å². The quantitative estimate of drug-likeness (QED) is 0.877. The maximum atomic E-state index is 12.9. The molecule has 1 aromatic rings. The average molecular weight is 348 g/mol. The molecule has 9 heteroatoms. The summed E-state index contributed by atoms with van der Waals surface area (Å²) in [5.74, 6) is -3.17. The maximum absolute atomic E-state index is 12.9. The molecule has 0 radical (unpaired) electrons. The average Bonchev–Trinajstić information content (AvgIpc) is 2.92. The molecule has 0 aliphatic carbocycles. The number of amides is 1. The van der Waals surface area contributed by atoms with E-state index in [9.17, 15) is 13.6 Å². The van der Waals surface area contributed by atoms with Crippen LogP contribution in [0, 0.1) is 0 Å². The van der Waals surface area contributed by atoms with Crippen molar-refractivity contribution in [3.05, 3.63) is 16.1 Å². The fraction of sp³-hybridized carbons (Fsp3) is 0.636. The van der Waals surface area contributed by atoms with E-state index in [0.717, 1.165) is 17.1 Å². The lowest BCUT2D eigenvalue weighted by Crippen LogP contribution is -2.40. The van der Waals surface area contributed by atoms with Gasteiger partial charge in [0.25, 0.3) is 5.92 Å². The molecule has 116 valence electrons. The highest BCUT2D eigenvalue weighted by Crippen LogP contribution is 2.25. The van der Waals surface area contributed by atoms with Crippen LogP contribution in [0.15, 0.2) is 5.38 Å². The Balaban J connectivity index is 0.00000180. The second kappa shape index (κ2) is 8.07. The maximum Gasteiger partial charge on any atom is 0.262 e. The molecule has 2 N–H and O–H groups in total. The molecule has 1 saturated heterocycles. The van der Waals surface area contributed by atoms with Crippen molar-refractivity contribution < 1.29 is 13.6 Å². The molecule has 4 nitrogen and oxygen atoms in total. The molecule has 0 aromatic carbocycles. The zero-order valence-corrected chi connectivity index (χ0v) is 13.3. The second-order valence-corrected chi connectivity index (χ2v) is 5.24. The first-order chi connectivity index (χ1) is 8.50. The number of nitrogens with zero attached hydrogens (tertiary/aromatic N) is 1. The molecular formula is C11H17Cl2F2N3OS. The van der Waals surface area contributed by atoms with E-state index >= 15 is 0 Å². The summed E-state index contributed by atoms with van der Waals surface area (Å²) in [6.45, 7) is 1.87. The summed E-state index contributed by atoms with van der Waals surface area (Å²) < 4.78 is 25.8. The molecule has 1 amide bonds. The van der Waals surface area contributed by atoms with E-state index in [1.807, 2.05) is 12.3 Å². The number of nitrogens with one attached hydrogen (secondary N) is 2. The van der Waals surface area contributed by atoms with Gasteiger partial charge in [0.2, 0.25) is 5.91 Å². The third kappa shape index (κ3) is 5.12. The van der Waals surface area contributed by atoms with Crippen LogP contribution in [0.5, 0.6) is 0 Å². The van der Waals surface area contributed by atoms with Gasteiger partial charge in [-0.05, 0) is 6.42 Å². The van der Waals surface area contributed by atoms with E-state index in [0.29, 0.717) is 6.54 Å². The smallest absolute Gasteiger partial charge is 0.262 e. The van der Waals surface area contributed by atoms with Crippen LogP contribution in [0.25, 0.3) is 0 Å². The number of rotatable bonds is 4. The van der Waals surface area contributed by atoms with Crippen molar-refractivity contribution in [1.82, 2.24) is 15.6 Å². The lowest BCUT2D eigenvalue weighted by molar-refractivity contribution is -0.123. The molecule has 0 saturated carbocycles. The van der Waals surface area contributed by atoms with Crippen molar-refractivity contribution >= 4 is 42.1 Å². The van der Waals surface area contributed by atoms with Crippen LogP contribution in [0.4, 0.5) is 8.78 Å². The summed E-state index contributed by atoms with van der Waals surface area (Å²) >= 11 is 1.54. The van der Waals surface area contributed by atoms with Crippen LogP contribution in [0.1, 0.15) is 24.0 Å². The summed E-state index contributed by atoms with van der Waals surface area (Å²) in [7, 11) is 0. The largest absolute Gasteiger partial charge is 0.349 e. The second-order valence-electron chi connectivity index (χ2n) is 4.30. The zero-order valence-electron chi connectivity index (χ0n) is 10.8. The highest BCUT2D eigenvalue weighted by atomic mass is 35.5. The van der Waals surface area contributed by atoms with Crippen molar-refractivity contribution in [3.8, 4) is 0 Å². The summed E-state index contributed by atoms with van der Waals surface area (Å²) in [5.41, 5.74) is 0.773. The van der Waals surface area contributed by atoms with E-state index < -0.39 is 30.8 Å². The van der Waals surface area contributed by atoms with Crippen LogP contribution < -0.4 is 10.6 Å². The number of carbonyl (C=O) groups excluding carboxylic acids is 1. The van der Waals surface area contributed by atoms with E-state index in [2.05, 4.69) is 15.6 Å². The minimum Gasteiger partial charge on any atom is -0.349 e. The van der Waals surface area contributed by atoms with Gasteiger partial charge in [0.05, 0.1) is 29.8 Å². The SMILES string of the molecule is CCc1nc(CNC(=O)C2CC(F)(F)CN2)cs1.Cl.Cl. The van der Waals surface area contributed by atoms with Crippen molar-refractivity contribution in [1.29, 1.82) is 0 Å². The highest BCUT2D eigenvalue weighted by molar-refractivity contribution is 7.09. The normalized spacial score (nSPS) is 19.9. The van der Waals surface area contributed by atoms with Crippen LogP contribution in [-0.2, 0) is 17.8 Å². The predicted octanol–water partition coefficient (Wildman–Crippen LogP) is 2.16. The van der Waals surface area contributed by atoms with E-state index in [1.165, 1.54) is 11.3 Å². The molecule has 1 fully saturated rings. The first-order valence-corrected chi connectivity index (χ1v) is 6.70. The summed E-state index contributed by atoms with van der Waals surface area (Å²) in [5, 5.41) is 8.02.